The summed E-state index contributed by atoms with van der Waals surface area (Å²) in [6, 6.07) is 10.2. The summed E-state index contributed by atoms with van der Waals surface area (Å²) in [5.41, 5.74) is 0.815. The lowest BCUT2D eigenvalue weighted by Crippen LogP contribution is -2.47. The predicted molar refractivity (Wildman–Crippen MR) is 66.7 cm³/mol. The fourth-order valence-corrected chi connectivity index (χ4v) is 2.57. The quantitative estimate of drug-likeness (QED) is 0.809. The topological polar surface area (TPSA) is 38.3 Å². The standard InChI is InChI=1S/C14H19NO2/c1-17-13(16)14(8-5-9-15-11-14)10-12-6-3-2-4-7-12/h2-4,6-7,15H,5,8-11H2,1H3/t14-/m0/s1. The third-order valence-corrected chi connectivity index (χ3v) is 3.48. The molecular formula is C14H19NO2. The third-order valence-electron chi connectivity index (χ3n) is 3.48. The molecule has 0 unspecified atom stereocenters. The largest absolute Gasteiger partial charge is 0.469 e. The van der Waals surface area contributed by atoms with Crippen molar-refractivity contribution in [2.24, 2.45) is 5.41 Å². The molecular weight excluding hydrogens is 214 g/mol. The Balaban J connectivity index is 2.19. The minimum atomic E-state index is -0.381. The Kier molecular flexibility index (Phi) is 3.79. The van der Waals surface area contributed by atoms with E-state index in [9.17, 15) is 4.79 Å². The minimum Gasteiger partial charge on any atom is -0.469 e. The molecule has 0 spiro atoms. The first-order valence-electron chi connectivity index (χ1n) is 6.10. The molecule has 1 heterocycles. The molecule has 1 atom stereocenters. The van der Waals surface area contributed by atoms with Crippen LogP contribution in [0.3, 0.4) is 0 Å². The molecule has 92 valence electrons. The highest BCUT2D eigenvalue weighted by Gasteiger charge is 2.40. The highest BCUT2D eigenvalue weighted by atomic mass is 16.5. The van der Waals surface area contributed by atoms with E-state index >= 15 is 0 Å². The summed E-state index contributed by atoms with van der Waals surface area (Å²) in [7, 11) is 1.48. The van der Waals surface area contributed by atoms with Gasteiger partial charge in [0.25, 0.3) is 0 Å². The molecule has 3 heteroatoms. The van der Waals surface area contributed by atoms with Crippen LogP contribution in [0, 0.1) is 5.41 Å². The van der Waals surface area contributed by atoms with Crippen molar-refractivity contribution in [1.29, 1.82) is 0 Å². The molecule has 1 N–H and O–H groups in total. The fourth-order valence-electron chi connectivity index (χ4n) is 2.57. The molecule has 1 aromatic carbocycles. The van der Waals surface area contributed by atoms with Crippen molar-refractivity contribution in [3.63, 3.8) is 0 Å². The number of hydrogen-bond donors (Lipinski definition) is 1. The lowest BCUT2D eigenvalue weighted by atomic mass is 9.76. The van der Waals surface area contributed by atoms with Crippen LogP contribution >= 0.6 is 0 Å². The van der Waals surface area contributed by atoms with Crippen molar-refractivity contribution in [3.05, 3.63) is 35.9 Å². The zero-order valence-electron chi connectivity index (χ0n) is 10.2. The first kappa shape index (κ1) is 12.1. The van der Waals surface area contributed by atoms with Crippen LogP contribution in [0.1, 0.15) is 18.4 Å². The molecule has 17 heavy (non-hydrogen) atoms. The summed E-state index contributed by atoms with van der Waals surface area (Å²) in [5.74, 6) is -0.0893. The van der Waals surface area contributed by atoms with E-state index in [-0.39, 0.29) is 11.4 Å². The van der Waals surface area contributed by atoms with Gasteiger partial charge in [-0.15, -0.1) is 0 Å². The van der Waals surface area contributed by atoms with Crippen molar-refractivity contribution in [3.8, 4) is 0 Å². The van der Waals surface area contributed by atoms with Gasteiger partial charge in [0.05, 0.1) is 12.5 Å². The van der Waals surface area contributed by atoms with Gasteiger partial charge in [-0.05, 0) is 31.4 Å². The van der Waals surface area contributed by atoms with Gasteiger partial charge in [-0.2, -0.15) is 0 Å². The van der Waals surface area contributed by atoms with E-state index in [1.807, 2.05) is 18.2 Å². The van der Waals surface area contributed by atoms with Crippen molar-refractivity contribution in [1.82, 2.24) is 5.32 Å². The number of hydrogen-bond acceptors (Lipinski definition) is 3. The molecule has 1 aliphatic heterocycles. The van der Waals surface area contributed by atoms with Gasteiger partial charge in [-0.1, -0.05) is 30.3 Å². The maximum Gasteiger partial charge on any atom is 0.313 e. The van der Waals surface area contributed by atoms with Crippen LogP contribution in [0.5, 0.6) is 0 Å². The van der Waals surface area contributed by atoms with E-state index in [1.54, 1.807) is 0 Å². The summed E-state index contributed by atoms with van der Waals surface area (Å²) >= 11 is 0. The van der Waals surface area contributed by atoms with Crippen molar-refractivity contribution in [2.45, 2.75) is 19.3 Å². The molecule has 0 aromatic heterocycles. The molecule has 0 saturated carbocycles. The van der Waals surface area contributed by atoms with Crippen LogP contribution in [-0.2, 0) is 16.0 Å². The van der Waals surface area contributed by atoms with Gasteiger partial charge in [0, 0.05) is 6.54 Å². The maximum absolute atomic E-state index is 12.0. The van der Waals surface area contributed by atoms with Gasteiger partial charge in [-0.25, -0.2) is 0 Å². The number of rotatable bonds is 3. The van der Waals surface area contributed by atoms with E-state index in [1.165, 1.54) is 12.7 Å². The average molecular weight is 233 g/mol. The van der Waals surface area contributed by atoms with Crippen LogP contribution in [0.15, 0.2) is 30.3 Å². The van der Waals surface area contributed by atoms with Gasteiger partial charge < -0.3 is 10.1 Å². The zero-order chi connectivity index (χ0) is 12.1. The second kappa shape index (κ2) is 5.32. The fraction of sp³-hybridized carbons (Fsp3) is 0.500. The predicted octanol–water partition coefficient (Wildman–Crippen LogP) is 1.77. The molecule has 1 aromatic rings. The number of ether oxygens (including phenoxy) is 1. The van der Waals surface area contributed by atoms with E-state index in [0.29, 0.717) is 6.54 Å². The second-order valence-corrected chi connectivity index (χ2v) is 4.71. The van der Waals surface area contributed by atoms with Crippen molar-refractivity contribution in [2.75, 3.05) is 20.2 Å². The Morgan fingerprint density at radius 3 is 2.76 bits per heavy atom. The molecule has 3 nitrogen and oxygen atoms in total. The molecule has 0 aliphatic carbocycles. The van der Waals surface area contributed by atoms with E-state index < -0.39 is 0 Å². The van der Waals surface area contributed by atoms with Gasteiger partial charge in [0.2, 0.25) is 0 Å². The molecule has 2 rings (SSSR count). The Bertz CT molecular complexity index is 369. The van der Waals surface area contributed by atoms with Gasteiger partial charge in [0.1, 0.15) is 0 Å². The number of carbonyl (C=O) groups excluding carboxylic acids is 1. The van der Waals surface area contributed by atoms with Gasteiger partial charge in [0.15, 0.2) is 0 Å². The minimum absolute atomic E-state index is 0.0893. The van der Waals surface area contributed by atoms with Crippen molar-refractivity contribution < 1.29 is 9.53 Å². The number of piperidine rings is 1. The lowest BCUT2D eigenvalue weighted by molar-refractivity contribution is -0.153. The van der Waals surface area contributed by atoms with Crippen molar-refractivity contribution >= 4 is 5.97 Å². The number of nitrogens with one attached hydrogen (secondary N) is 1. The third kappa shape index (κ3) is 2.67. The van der Waals surface area contributed by atoms with Crippen LogP contribution in [-0.4, -0.2) is 26.2 Å². The van der Waals surface area contributed by atoms with Gasteiger partial charge in [-0.3, -0.25) is 4.79 Å². The monoisotopic (exact) mass is 233 g/mol. The smallest absolute Gasteiger partial charge is 0.313 e. The SMILES string of the molecule is COC(=O)[C@]1(Cc2ccccc2)CCCNC1. The summed E-state index contributed by atoms with van der Waals surface area (Å²) in [5, 5.41) is 3.31. The molecule has 0 amide bonds. The second-order valence-electron chi connectivity index (χ2n) is 4.71. The van der Waals surface area contributed by atoms with Crippen LogP contribution < -0.4 is 5.32 Å². The molecule has 1 aliphatic rings. The highest BCUT2D eigenvalue weighted by molar-refractivity contribution is 5.77. The Hall–Kier alpha value is -1.35. The van der Waals surface area contributed by atoms with Crippen LogP contribution in [0.2, 0.25) is 0 Å². The molecule has 1 saturated heterocycles. The summed E-state index contributed by atoms with van der Waals surface area (Å²) < 4.78 is 4.99. The number of methoxy groups -OCH3 is 1. The Morgan fingerprint density at radius 2 is 2.18 bits per heavy atom. The lowest BCUT2D eigenvalue weighted by Gasteiger charge is -2.35. The number of benzene rings is 1. The van der Waals surface area contributed by atoms with Crippen LogP contribution in [0.4, 0.5) is 0 Å². The first-order chi connectivity index (χ1) is 8.27. The Labute approximate surface area is 102 Å². The maximum atomic E-state index is 12.0. The highest BCUT2D eigenvalue weighted by Crippen LogP contribution is 2.31. The zero-order valence-corrected chi connectivity index (χ0v) is 10.2. The summed E-state index contributed by atoms with van der Waals surface area (Å²) in [6.07, 6.45) is 2.69. The normalized spacial score (nSPS) is 24.3. The van der Waals surface area contributed by atoms with Crippen LogP contribution in [0.25, 0.3) is 0 Å². The van der Waals surface area contributed by atoms with E-state index in [2.05, 4.69) is 17.4 Å². The average Bonchev–Trinajstić information content (AvgIpc) is 2.40. The molecule has 0 radical (unpaired) electrons. The Morgan fingerprint density at radius 1 is 1.41 bits per heavy atom. The number of carbonyl (C=O) groups is 1. The first-order valence-corrected chi connectivity index (χ1v) is 6.10. The van der Waals surface area contributed by atoms with E-state index in [0.717, 1.165) is 25.8 Å². The summed E-state index contributed by atoms with van der Waals surface area (Å²) in [6.45, 7) is 1.71. The van der Waals surface area contributed by atoms with Gasteiger partial charge >= 0.3 is 5.97 Å². The molecule has 1 fully saturated rings. The molecule has 0 bridgehead atoms. The summed E-state index contributed by atoms with van der Waals surface area (Å²) in [4.78, 5) is 12.0. The van der Waals surface area contributed by atoms with E-state index in [4.69, 9.17) is 4.74 Å². The number of esters is 1.